The normalized spacial score (nSPS) is 18.4. The largest absolute Gasteiger partial charge is 0.490 e. The van der Waals surface area contributed by atoms with Gasteiger partial charge in [-0.15, -0.1) is 0 Å². The Labute approximate surface area is 234 Å². The zero-order chi connectivity index (χ0) is 27.5. The van der Waals surface area contributed by atoms with Crippen LogP contribution in [0.15, 0.2) is 82.6 Å². The molecule has 0 atom stereocenters. The number of para-hydroxylation sites is 1. The van der Waals surface area contributed by atoms with Gasteiger partial charge in [0.25, 0.3) is 0 Å². The van der Waals surface area contributed by atoms with Gasteiger partial charge in [0.05, 0.1) is 9.79 Å². The maximum Gasteiger partial charge on any atom is 0.415 e. The molecule has 3 aliphatic rings. The van der Waals surface area contributed by atoms with Crippen LogP contribution in [0.25, 0.3) is 0 Å². The Morgan fingerprint density at radius 1 is 0.750 bits per heavy atom. The summed E-state index contributed by atoms with van der Waals surface area (Å²) in [6.07, 6.45) is 3.43. The average Bonchev–Trinajstić information content (AvgIpc) is 3.47. The van der Waals surface area contributed by atoms with E-state index in [0.29, 0.717) is 42.1 Å². The highest BCUT2D eigenvalue weighted by atomic mass is 32.2. The van der Waals surface area contributed by atoms with Crippen LogP contribution in [0, 0.1) is 0 Å². The second-order valence-corrected chi connectivity index (χ2v) is 12.2. The third kappa shape index (κ3) is 5.73. The van der Waals surface area contributed by atoms with E-state index in [1.165, 1.54) is 12.1 Å². The number of benzene rings is 3. The molecule has 210 valence electrons. The first-order chi connectivity index (χ1) is 19.5. The van der Waals surface area contributed by atoms with E-state index in [1.54, 1.807) is 47.4 Å². The molecule has 0 aliphatic carbocycles. The topological polar surface area (TPSA) is 94.6 Å². The molecule has 3 aromatic carbocycles. The van der Waals surface area contributed by atoms with Crippen molar-refractivity contribution >= 4 is 15.9 Å². The van der Waals surface area contributed by atoms with E-state index < -0.39 is 9.84 Å². The number of fused-ring (bicyclic) bond motifs is 1. The van der Waals surface area contributed by atoms with Gasteiger partial charge in [-0.2, -0.15) is 0 Å². The second kappa shape index (κ2) is 11.4. The summed E-state index contributed by atoms with van der Waals surface area (Å²) in [6.45, 7) is 3.33. The number of nitrogens with zero attached hydrogens (tertiary/aromatic N) is 2. The third-order valence-corrected chi connectivity index (χ3v) is 9.52. The van der Waals surface area contributed by atoms with Crippen LogP contribution in [0.1, 0.15) is 25.7 Å². The van der Waals surface area contributed by atoms with Crippen LogP contribution in [0.3, 0.4) is 0 Å². The monoisotopic (exact) mass is 564 g/mol. The van der Waals surface area contributed by atoms with Crippen molar-refractivity contribution in [2.24, 2.45) is 0 Å². The molecule has 3 heterocycles. The van der Waals surface area contributed by atoms with Crippen molar-refractivity contribution in [2.75, 3.05) is 33.0 Å². The van der Waals surface area contributed by atoms with Crippen LogP contribution < -0.4 is 18.9 Å². The van der Waals surface area contributed by atoms with Crippen LogP contribution >= 0.6 is 0 Å². The number of rotatable bonds is 6. The van der Waals surface area contributed by atoms with Crippen molar-refractivity contribution in [1.82, 2.24) is 9.80 Å². The quantitative estimate of drug-likeness (QED) is 0.423. The summed E-state index contributed by atoms with van der Waals surface area (Å²) in [4.78, 5) is 17.1. The zero-order valence-electron chi connectivity index (χ0n) is 22.1. The Bertz CT molecular complexity index is 1430. The number of sulfone groups is 1. The second-order valence-electron chi connectivity index (χ2n) is 10.2. The minimum atomic E-state index is -3.69. The summed E-state index contributed by atoms with van der Waals surface area (Å²) in [5.41, 5.74) is 0. The minimum absolute atomic E-state index is 0.0773. The smallest absolute Gasteiger partial charge is 0.415 e. The summed E-state index contributed by atoms with van der Waals surface area (Å²) in [6, 6.07) is 20.9. The number of hydrogen-bond donors (Lipinski definition) is 0. The summed E-state index contributed by atoms with van der Waals surface area (Å²) < 4.78 is 48.5. The fraction of sp³-hybridized carbons (Fsp3) is 0.367. The molecule has 10 heteroatoms. The SMILES string of the molecule is O=C(Oc1ccccc1)N1CCC(N2CCC(Oc3ccc(S(=O)(=O)c4ccc5c(c4)OCO5)cc3)CC2)CC1. The van der Waals surface area contributed by atoms with Gasteiger partial charge in [0.2, 0.25) is 16.6 Å². The Balaban J connectivity index is 0.970. The van der Waals surface area contributed by atoms with Crippen LogP contribution in [-0.4, -0.2) is 69.4 Å². The van der Waals surface area contributed by atoms with Crippen molar-refractivity contribution in [3.8, 4) is 23.0 Å². The molecule has 0 unspecified atom stereocenters. The van der Waals surface area contributed by atoms with Crippen LogP contribution in [0.5, 0.6) is 23.0 Å². The maximum absolute atomic E-state index is 13.1. The van der Waals surface area contributed by atoms with Gasteiger partial charge in [0.1, 0.15) is 17.6 Å². The molecule has 3 aromatic rings. The molecule has 0 aromatic heterocycles. The highest BCUT2D eigenvalue weighted by Crippen LogP contribution is 2.36. The minimum Gasteiger partial charge on any atom is -0.490 e. The number of carbonyl (C=O) groups is 1. The molecule has 0 saturated carbocycles. The molecule has 40 heavy (non-hydrogen) atoms. The first kappa shape index (κ1) is 26.5. The summed E-state index contributed by atoms with van der Waals surface area (Å²) >= 11 is 0. The molecular weight excluding hydrogens is 532 g/mol. The number of ether oxygens (including phenoxy) is 4. The number of carbonyl (C=O) groups excluding carboxylic acids is 1. The van der Waals surface area contributed by atoms with Crippen molar-refractivity contribution in [1.29, 1.82) is 0 Å². The number of piperidine rings is 2. The van der Waals surface area contributed by atoms with E-state index in [1.807, 2.05) is 18.2 Å². The molecule has 1 amide bonds. The Kier molecular flexibility index (Phi) is 7.53. The maximum atomic E-state index is 13.1. The Morgan fingerprint density at radius 3 is 2.15 bits per heavy atom. The molecule has 0 spiro atoms. The summed E-state index contributed by atoms with van der Waals surface area (Å²) in [5.74, 6) is 2.21. The van der Waals surface area contributed by atoms with Gasteiger partial charge < -0.3 is 23.8 Å². The van der Waals surface area contributed by atoms with Crippen LogP contribution in [0.2, 0.25) is 0 Å². The highest BCUT2D eigenvalue weighted by Gasteiger charge is 2.31. The van der Waals surface area contributed by atoms with Gasteiger partial charge >= 0.3 is 6.09 Å². The van der Waals surface area contributed by atoms with E-state index in [9.17, 15) is 13.2 Å². The molecule has 2 saturated heterocycles. The number of hydrogen-bond acceptors (Lipinski definition) is 8. The molecule has 0 radical (unpaired) electrons. The molecule has 0 bridgehead atoms. The summed E-state index contributed by atoms with van der Waals surface area (Å²) in [7, 11) is -3.69. The lowest BCUT2D eigenvalue weighted by Crippen LogP contribution is -2.50. The number of amides is 1. The van der Waals surface area contributed by atoms with E-state index in [2.05, 4.69) is 4.90 Å². The fourth-order valence-corrected chi connectivity index (χ4v) is 6.77. The third-order valence-electron chi connectivity index (χ3n) is 7.76. The molecule has 0 N–H and O–H groups in total. The van der Waals surface area contributed by atoms with Crippen LogP contribution in [-0.2, 0) is 9.84 Å². The summed E-state index contributed by atoms with van der Waals surface area (Å²) in [5, 5.41) is 0. The average molecular weight is 565 g/mol. The standard InChI is InChI=1S/C30H32N2O7S/c33-30(39-23-4-2-1-3-5-23)32-16-12-22(13-17-32)31-18-14-25(15-19-31)38-24-6-8-26(9-7-24)40(34,35)27-10-11-28-29(20-27)37-21-36-28/h1-11,20,22,25H,12-19,21H2. The lowest BCUT2D eigenvalue weighted by atomic mass is 9.99. The Hall–Kier alpha value is -3.76. The van der Waals surface area contributed by atoms with E-state index in [4.69, 9.17) is 18.9 Å². The highest BCUT2D eigenvalue weighted by molar-refractivity contribution is 7.91. The van der Waals surface area contributed by atoms with E-state index >= 15 is 0 Å². The van der Waals surface area contributed by atoms with Crippen molar-refractivity contribution in [3.63, 3.8) is 0 Å². The molecular formula is C30H32N2O7S. The van der Waals surface area contributed by atoms with Gasteiger partial charge in [-0.05, 0) is 74.2 Å². The molecule has 3 aliphatic heterocycles. The van der Waals surface area contributed by atoms with Gasteiger partial charge in [-0.1, -0.05) is 18.2 Å². The predicted octanol–water partition coefficient (Wildman–Crippen LogP) is 4.75. The fourth-order valence-electron chi connectivity index (χ4n) is 5.50. The lowest BCUT2D eigenvalue weighted by Gasteiger charge is -2.41. The molecule has 6 rings (SSSR count). The van der Waals surface area contributed by atoms with Crippen LogP contribution in [0.4, 0.5) is 4.79 Å². The molecule has 9 nitrogen and oxygen atoms in total. The predicted molar refractivity (Wildman–Crippen MR) is 147 cm³/mol. The Morgan fingerprint density at radius 2 is 1.43 bits per heavy atom. The first-order valence-electron chi connectivity index (χ1n) is 13.6. The van der Waals surface area contributed by atoms with E-state index in [-0.39, 0.29) is 28.8 Å². The number of likely N-dealkylation sites (tertiary alicyclic amines) is 2. The van der Waals surface area contributed by atoms with E-state index in [0.717, 1.165) is 38.8 Å². The van der Waals surface area contributed by atoms with Gasteiger partial charge in [-0.25, -0.2) is 13.2 Å². The van der Waals surface area contributed by atoms with Crippen molar-refractivity contribution in [2.45, 2.75) is 47.6 Å². The zero-order valence-corrected chi connectivity index (χ0v) is 22.9. The van der Waals surface area contributed by atoms with Gasteiger partial charge in [0, 0.05) is 38.3 Å². The van der Waals surface area contributed by atoms with Gasteiger partial charge in [0.15, 0.2) is 11.5 Å². The molecule has 2 fully saturated rings. The van der Waals surface area contributed by atoms with Crippen molar-refractivity contribution in [3.05, 3.63) is 72.8 Å². The lowest BCUT2D eigenvalue weighted by molar-refractivity contribution is 0.0496. The van der Waals surface area contributed by atoms with Gasteiger partial charge in [-0.3, -0.25) is 4.90 Å². The van der Waals surface area contributed by atoms with Crippen molar-refractivity contribution < 1.29 is 32.2 Å². The first-order valence-corrected chi connectivity index (χ1v) is 15.1.